The molecule has 0 saturated carbocycles. The van der Waals surface area contributed by atoms with Gasteiger partial charge < -0.3 is 20.1 Å². The highest BCUT2D eigenvalue weighted by Gasteiger charge is 2.29. The Morgan fingerprint density at radius 3 is 2.90 bits per heavy atom. The minimum Gasteiger partial charge on any atom is -0.495 e. The number of aromatic nitrogens is 4. The number of carbonyl (C=O) groups excluding carboxylic acids is 1. The van der Waals surface area contributed by atoms with Gasteiger partial charge in [0.05, 0.1) is 31.2 Å². The number of nitrogen functional groups attached to an aromatic ring is 1. The predicted octanol–water partition coefficient (Wildman–Crippen LogP) is 2.45. The minimum atomic E-state index is -0.314. The highest BCUT2D eigenvalue weighted by atomic mass is 16.5. The molecule has 0 unspecified atom stereocenters. The van der Waals surface area contributed by atoms with Crippen molar-refractivity contribution in [3.63, 3.8) is 0 Å². The Balaban J connectivity index is 1.57. The normalized spacial score (nSPS) is 13.6. The molecule has 9 nitrogen and oxygen atoms in total. The van der Waals surface area contributed by atoms with Gasteiger partial charge in [-0.15, -0.1) is 0 Å². The average Bonchev–Trinajstić information content (AvgIpc) is 3.11. The smallest absolute Gasteiger partial charge is 0.267 e. The quantitative estimate of drug-likeness (QED) is 0.561. The van der Waals surface area contributed by atoms with Crippen molar-refractivity contribution < 1.29 is 14.3 Å². The summed E-state index contributed by atoms with van der Waals surface area (Å²) in [6.07, 6.45) is 4.87. The second-order valence-electron chi connectivity index (χ2n) is 6.71. The zero-order valence-electron chi connectivity index (χ0n) is 16.1. The van der Waals surface area contributed by atoms with E-state index in [1.807, 2.05) is 47.2 Å². The maximum Gasteiger partial charge on any atom is 0.267 e. The second-order valence-corrected chi connectivity index (χ2v) is 6.71. The molecule has 30 heavy (non-hydrogen) atoms. The monoisotopic (exact) mass is 402 g/mol. The maximum atomic E-state index is 13.1. The van der Waals surface area contributed by atoms with E-state index in [4.69, 9.17) is 15.2 Å². The first kappa shape index (κ1) is 17.9. The number of anilines is 2. The van der Waals surface area contributed by atoms with Gasteiger partial charge in [0.1, 0.15) is 35.7 Å². The Labute approximate surface area is 171 Å². The van der Waals surface area contributed by atoms with Crippen LogP contribution in [-0.2, 0) is 0 Å². The number of hydrogen-bond donors (Lipinski definition) is 1. The Bertz CT molecular complexity index is 1270. The van der Waals surface area contributed by atoms with Crippen molar-refractivity contribution in [2.75, 3.05) is 30.9 Å². The number of pyridine rings is 1. The van der Waals surface area contributed by atoms with Crippen LogP contribution in [0.15, 0.2) is 55.1 Å². The molecular weight excluding hydrogens is 384 g/mol. The summed E-state index contributed by atoms with van der Waals surface area (Å²) in [7, 11) is 1.64. The van der Waals surface area contributed by atoms with Crippen molar-refractivity contribution in [1.29, 1.82) is 0 Å². The van der Waals surface area contributed by atoms with E-state index >= 15 is 0 Å². The first-order chi connectivity index (χ1) is 14.7. The number of amides is 1. The van der Waals surface area contributed by atoms with Crippen molar-refractivity contribution >= 4 is 28.4 Å². The zero-order chi connectivity index (χ0) is 20.7. The van der Waals surface area contributed by atoms with Crippen molar-refractivity contribution in [3.8, 4) is 17.3 Å². The molecule has 1 aromatic carbocycles. The van der Waals surface area contributed by atoms with Crippen LogP contribution in [0.25, 0.3) is 16.7 Å². The molecule has 1 aliphatic heterocycles. The number of ether oxygens (including phenoxy) is 2. The van der Waals surface area contributed by atoms with E-state index in [1.54, 1.807) is 18.2 Å². The number of fused-ring (bicyclic) bond motifs is 2. The Hall–Kier alpha value is -4.14. The van der Waals surface area contributed by atoms with Gasteiger partial charge in [-0.05, 0) is 24.3 Å². The molecule has 3 aromatic heterocycles. The third kappa shape index (κ3) is 2.79. The summed E-state index contributed by atoms with van der Waals surface area (Å²) in [6.45, 7) is 0.629. The van der Waals surface area contributed by atoms with Crippen LogP contribution >= 0.6 is 0 Å². The molecule has 150 valence electrons. The van der Waals surface area contributed by atoms with Gasteiger partial charge in [-0.2, -0.15) is 0 Å². The largest absolute Gasteiger partial charge is 0.495 e. The van der Waals surface area contributed by atoms with E-state index in [0.29, 0.717) is 12.2 Å². The lowest BCUT2D eigenvalue weighted by atomic mass is 10.2. The summed E-state index contributed by atoms with van der Waals surface area (Å²) in [5.41, 5.74) is 8.37. The van der Waals surface area contributed by atoms with Gasteiger partial charge in [-0.25, -0.2) is 15.0 Å². The fourth-order valence-corrected chi connectivity index (χ4v) is 3.59. The lowest BCUT2D eigenvalue weighted by Gasteiger charge is -2.20. The predicted molar refractivity (Wildman–Crippen MR) is 111 cm³/mol. The van der Waals surface area contributed by atoms with Gasteiger partial charge in [0.2, 0.25) is 5.88 Å². The number of nitrogens with two attached hydrogens (primary N) is 1. The molecule has 1 aliphatic rings. The van der Waals surface area contributed by atoms with Gasteiger partial charge in [-0.3, -0.25) is 9.36 Å². The molecule has 2 N–H and O–H groups in total. The van der Waals surface area contributed by atoms with Crippen molar-refractivity contribution in [2.24, 2.45) is 0 Å². The molecule has 0 spiro atoms. The van der Waals surface area contributed by atoms with E-state index in [1.165, 1.54) is 6.33 Å². The second kappa shape index (κ2) is 7.03. The number of methoxy groups -OCH3 is 1. The summed E-state index contributed by atoms with van der Waals surface area (Å²) in [5.74, 6) is 0.721. The molecule has 5 rings (SSSR count). The molecule has 4 aromatic rings. The fraction of sp³-hybridized carbons (Fsp3) is 0.143. The number of nitrogens with zero attached hydrogens (tertiary/aromatic N) is 5. The van der Waals surface area contributed by atoms with Crippen LogP contribution in [0.4, 0.5) is 11.5 Å². The molecule has 4 heterocycles. The third-order valence-corrected chi connectivity index (χ3v) is 5.02. The first-order valence-corrected chi connectivity index (χ1v) is 9.33. The van der Waals surface area contributed by atoms with E-state index < -0.39 is 0 Å². The lowest BCUT2D eigenvalue weighted by Crippen LogP contribution is -2.32. The van der Waals surface area contributed by atoms with Crippen LogP contribution in [0.1, 0.15) is 10.4 Å². The van der Waals surface area contributed by atoms with Crippen molar-refractivity contribution in [2.45, 2.75) is 0 Å². The number of benzene rings is 1. The molecule has 0 saturated heterocycles. The van der Waals surface area contributed by atoms with Gasteiger partial charge >= 0.3 is 0 Å². The Morgan fingerprint density at radius 2 is 2.03 bits per heavy atom. The van der Waals surface area contributed by atoms with Crippen molar-refractivity contribution in [1.82, 2.24) is 19.5 Å². The minimum absolute atomic E-state index is 0.0910. The summed E-state index contributed by atoms with van der Waals surface area (Å²) in [5, 5.41) is 0.883. The van der Waals surface area contributed by atoms with E-state index in [0.717, 1.165) is 22.5 Å². The van der Waals surface area contributed by atoms with Crippen LogP contribution in [0, 0.1) is 0 Å². The molecule has 1 amide bonds. The number of carbonyl (C=O) groups is 1. The molecule has 0 radical (unpaired) electrons. The fourth-order valence-electron chi connectivity index (χ4n) is 3.59. The topological polar surface area (TPSA) is 108 Å². The molecule has 0 fully saturated rings. The molecule has 0 bridgehead atoms. The SMILES string of the molecule is COc1ccccc1-n1ccc2cc(N3CCOc4ncnc(N)c4C3=O)cnc21. The van der Waals surface area contributed by atoms with Crippen LogP contribution in [-0.4, -0.2) is 45.7 Å². The molecular formula is C21H18N6O3. The highest BCUT2D eigenvalue weighted by Crippen LogP contribution is 2.31. The van der Waals surface area contributed by atoms with E-state index in [2.05, 4.69) is 15.0 Å². The van der Waals surface area contributed by atoms with Crippen molar-refractivity contribution in [3.05, 3.63) is 60.7 Å². The Morgan fingerprint density at radius 1 is 1.17 bits per heavy atom. The maximum absolute atomic E-state index is 13.1. The summed E-state index contributed by atoms with van der Waals surface area (Å²) in [6, 6.07) is 11.6. The van der Waals surface area contributed by atoms with E-state index in [-0.39, 0.29) is 29.8 Å². The van der Waals surface area contributed by atoms with Gasteiger partial charge in [-0.1, -0.05) is 12.1 Å². The molecule has 0 aliphatic carbocycles. The number of rotatable bonds is 3. The standard InChI is InChI=1S/C21H18N6O3/c1-29-16-5-3-2-4-15(16)27-7-6-13-10-14(11-23-19(13)27)26-8-9-30-20-17(21(26)28)18(22)24-12-25-20/h2-7,10-12H,8-9H2,1H3,(H2,22,24,25). The van der Waals surface area contributed by atoms with Gasteiger partial charge in [0.25, 0.3) is 5.91 Å². The molecule has 0 atom stereocenters. The van der Waals surface area contributed by atoms with Crippen LogP contribution in [0.3, 0.4) is 0 Å². The lowest BCUT2D eigenvalue weighted by molar-refractivity contribution is 0.0990. The number of para-hydroxylation sites is 2. The first-order valence-electron chi connectivity index (χ1n) is 9.33. The van der Waals surface area contributed by atoms with Gasteiger partial charge in [0, 0.05) is 11.6 Å². The summed E-state index contributed by atoms with van der Waals surface area (Å²) < 4.78 is 13.0. The van der Waals surface area contributed by atoms with Gasteiger partial charge in [0.15, 0.2) is 0 Å². The van der Waals surface area contributed by atoms with E-state index in [9.17, 15) is 4.79 Å². The third-order valence-electron chi connectivity index (χ3n) is 5.02. The Kier molecular flexibility index (Phi) is 4.20. The molecule has 9 heteroatoms. The van der Waals surface area contributed by atoms with Crippen LogP contribution < -0.4 is 20.1 Å². The van der Waals surface area contributed by atoms with Crippen LogP contribution in [0.5, 0.6) is 11.6 Å². The number of hydrogen-bond acceptors (Lipinski definition) is 7. The summed E-state index contributed by atoms with van der Waals surface area (Å²) in [4.78, 5) is 27.3. The zero-order valence-corrected chi connectivity index (χ0v) is 16.1. The summed E-state index contributed by atoms with van der Waals surface area (Å²) >= 11 is 0. The average molecular weight is 402 g/mol. The van der Waals surface area contributed by atoms with Crippen LogP contribution in [0.2, 0.25) is 0 Å². The highest BCUT2D eigenvalue weighted by molar-refractivity contribution is 6.11.